The molecule has 0 aliphatic rings. The van der Waals surface area contributed by atoms with Crippen LogP contribution >= 0.6 is 0 Å². The summed E-state index contributed by atoms with van der Waals surface area (Å²) in [6.45, 7) is -0.439. The Bertz CT molecular complexity index is 568. The van der Waals surface area contributed by atoms with Crippen molar-refractivity contribution in [2.24, 2.45) is 0 Å². The smallest absolute Gasteiger partial charge is 0.118 e. The van der Waals surface area contributed by atoms with Crippen molar-refractivity contribution < 1.29 is 20.1 Å². The van der Waals surface area contributed by atoms with Crippen molar-refractivity contribution >= 4 is 0 Å². The zero-order valence-electron chi connectivity index (χ0n) is 11.8. The van der Waals surface area contributed by atoms with Crippen LogP contribution in [0.5, 0.6) is 5.75 Å². The second-order valence-corrected chi connectivity index (χ2v) is 4.68. The SMILES string of the molecule is COc1ccc(Cc2c(CO)nnn2CC(O)CO)cc1. The first-order valence-electron chi connectivity index (χ1n) is 6.61. The van der Waals surface area contributed by atoms with Gasteiger partial charge in [-0.15, -0.1) is 5.10 Å². The van der Waals surface area contributed by atoms with Crippen LogP contribution in [0.4, 0.5) is 0 Å². The van der Waals surface area contributed by atoms with Crippen molar-refractivity contribution in [3.05, 3.63) is 41.2 Å². The summed E-state index contributed by atoms with van der Waals surface area (Å²) in [4.78, 5) is 0. The predicted octanol–water partition coefficient (Wildman–Crippen LogP) is -0.277. The Morgan fingerprint density at radius 1 is 1.24 bits per heavy atom. The minimum atomic E-state index is -0.909. The van der Waals surface area contributed by atoms with Gasteiger partial charge in [-0.1, -0.05) is 17.3 Å². The topological polar surface area (TPSA) is 101 Å². The third-order valence-corrected chi connectivity index (χ3v) is 3.19. The summed E-state index contributed by atoms with van der Waals surface area (Å²) in [6.07, 6.45) is -0.391. The predicted molar refractivity (Wildman–Crippen MR) is 74.8 cm³/mol. The summed E-state index contributed by atoms with van der Waals surface area (Å²) < 4.78 is 6.62. The van der Waals surface area contributed by atoms with E-state index in [0.29, 0.717) is 12.1 Å². The molecular weight excluding hydrogens is 274 g/mol. The van der Waals surface area contributed by atoms with E-state index in [1.165, 1.54) is 4.68 Å². The molecule has 0 radical (unpaired) electrons. The molecule has 0 fully saturated rings. The van der Waals surface area contributed by atoms with Crippen LogP contribution in [0.2, 0.25) is 0 Å². The third kappa shape index (κ3) is 3.78. The number of hydrogen-bond acceptors (Lipinski definition) is 6. The number of benzene rings is 1. The van der Waals surface area contributed by atoms with Crippen LogP contribution in [-0.4, -0.2) is 50.1 Å². The molecule has 0 saturated heterocycles. The largest absolute Gasteiger partial charge is 0.497 e. The number of hydrogen-bond donors (Lipinski definition) is 3. The third-order valence-electron chi connectivity index (χ3n) is 3.19. The highest BCUT2D eigenvalue weighted by Gasteiger charge is 2.15. The summed E-state index contributed by atoms with van der Waals surface area (Å²) >= 11 is 0. The quantitative estimate of drug-likeness (QED) is 0.649. The molecule has 3 N–H and O–H groups in total. The zero-order chi connectivity index (χ0) is 15.2. The summed E-state index contributed by atoms with van der Waals surface area (Å²) in [5.74, 6) is 0.767. The second-order valence-electron chi connectivity index (χ2n) is 4.68. The van der Waals surface area contributed by atoms with Gasteiger partial charge in [0.1, 0.15) is 11.4 Å². The molecule has 7 heteroatoms. The molecule has 114 valence electrons. The molecular formula is C14H19N3O4. The number of aromatic nitrogens is 3. The van der Waals surface area contributed by atoms with Gasteiger partial charge in [0.25, 0.3) is 0 Å². The Hall–Kier alpha value is -1.96. The van der Waals surface area contributed by atoms with Crippen LogP contribution in [0, 0.1) is 0 Å². The molecule has 1 unspecified atom stereocenters. The summed E-state index contributed by atoms with van der Waals surface area (Å²) in [7, 11) is 1.61. The number of methoxy groups -OCH3 is 1. The van der Waals surface area contributed by atoms with Crippen molar-refractivity contribution in [2.45, 2.75) is 25.7 Å². The van der Waals surface area contributed by atoms with E-state index in [1.807, 2.05) is 24.3 Å². The minimum absolute atomic E-state index is 0.134. The van der Waals surface area contributed by atoms with Gasteiger partial charge in [-0.2, -0.15) is 0 Å². The van der Waals surface area contributed by atoms with Gasteiger partial charge in [-0.05, 0) is 17.7 Å². The lowest BCUT2D eigenvalue weighted by molar-refractivity contribution is 0.0771. The molecule has 0 spiro atoms. The Kier molecular flexibility index (Phi) is 5.26. The number of aliphatic hydroxyl groups excluding tert-OH is 3. The Labute approximate surface area is 122 Å². The summed E-state index contributed by atoms with van der Waals surface area (Å²) in [5.41, 5.74) is 2.19. The Balaban J connectivity index is 2.21. The van der Waals surface area contributed by atoms with Crippen molar-refractivity contribution in [1.82, 2.24) is 15.0 Å². The lowest BCUT2D eigenvalue weighted by Gasteiger charge is -2.11. The normalized spacial score (nSPS) is 12.4. The van der Waals surface area contributed by atoms with Crippen molar-refractivity contribution in [1.29, 1.82) is 0 Å². The fourth-order valence-corrected chi connectivity index (χ4v) is 2.03. The van der Waals surface area contributed by atoms with Gasteiger partial charge < -0.3 is 20.1 Å². The number of nitrogens with zero attached hydrogens (tertiary/aromatic N) is 3. The highest BCUT2D eigenvalue weighted by atomic mass is 16.5. The average molecular weight is 293 g/mol. The molecule has 1 heterocycles. The van der Waals surface area contributed by atoms with Gasteiger partial charge >= 0.3 is 0 Å². The first-order chi connectivity index (χ1) is 10.2. The monoisotopic (exact) mass is 293 g/mol. The fourth-order valence-electron chi connectivity index (χ4n) is 2.03. The van der Waals surface area contributed by atoms with Gasteiger partial charge in [-0.25, -0.2) is 4.68 Å². The molecule has 0 amide bonds. The van der Waals surface area contributed by atoms with Crippen LogP contribution in [0.25, 0.3) is 0 Å². The minimum Gasteiger partial charge on any atom is -0.497 e. The standard InChI is InChI=1S/C14H19N3O4/c1-21-12-4-2-10(3-5-12)6-14-13(9-19)15-16-17(14)7-11(20)8-18/h2-5,11,18-20H,6-9H2,1H3. The van der Waals surface area contributed by atoms with E-state index < -0.39 is 6.10 Å². The molecule has 0 saturated carbocycles. The lowest BCUT2D eigenvalue weighted by atomic mass is 10.1. The van der Waals surface area contributed by atoms with Gasteiger partial charge in [0, 0.05) is 6.42 Å². The van der Waals surface area contributed by atoms with E-state index >= 15 is 0 Å². The zero-order valence-corrected chi connectivity index (χ0v) is 11.8. The van der Waals surface area contributed by atoms with Crippen LogP contribution < -0.4 is 4.74 Å². The Morgan fingerprint density at radius 3 is 2.52 bits per heavy atom. The van der Waals surface area contributed by atoms with E-state index in [0.717, 1.165) is 17.0 Å². The van der Waals surface area contributed by atoms with Crippen molar-refractivity contribution in [3.63, 3.8) is 0 Å². The molecule has 2 rings (SSSR count). The van der Waals surface area contributed by atoms with E-state index in [1.54, 1.807) is 7.11 Å². The molecule has 0 aliphatic heterocycles. The van der Waals surface area contributed by atoms with Gasteiger partial charge in [0.05, 0.1) is 38.7 Å². The molecule has 2 aromatic rings. The molecule has 1 aromatic heterocycles. The van der Waals surface area contributed by atoms with Gasteiger partial charge in [0.15, 0.2) is 0 Å². The average Bonchev–Trinajstić information content (AvgIpc) is 2.89. The maximum atomic E-state index is 9.53. The van der Waals surface area contributed by atoms with Crippen LogP contribution in [0.15, 0.2) is 24.3 Å². The van der Waals surface area contributed by atoms with Crippen molar-refractivity contribution in [2.75, 3.05) is 13.7 Å². The maximum absolute atomic E-state index is 9.53. The Morgan fingerprint density at radius 2 is 1.95 bits per heavy atom. The maximum Gasteiger partial charge on any atom is 0.118 e. The number of ether oxygens (including phenoxy) is 1. The fraction of sp³-hybridized carbons (Fsp3) is 0.429. The highest BCUT2D eigenvalue weighted by Crippen LogP contribution is 2.17. The molecule has 7 nitrogen and oxygen atoms in total. The molecule has 0 bridgehead atoms. The molecule has 1 atom stereocenters. The molecule has 1 aromatic carbocycles. The lowest BCUT2D eigenvalue weighted by Crippen LogP contribution is -2.22. The first kappa shape index (κ1) is 15.4. The van der Waals surface area contributed by atoms with E-state index in [-0.39, 0.29) is 19.8 Å². The van der Waals surface area contributed by atoms with E-state index in [4.69, 9.17) is 9.84 Å². The van der Waals surface area contributed by atoms with Gasteiger partial charge in [-0.3, -0.25) is 0 Å². The first-order valence-corrected chi connectivity index (χ1v) is 6.61. The summed E-state index contributed by atoms with van der Waals surface area (Å²) in [6, 6.07) is 7.54. The highest BCUT2D eigenvalue weighted by molar-refractivity contribution is 5.30. The van der Waals surface area contributed by atoms with Gasteiger partial charge in [0.2, 0.25) is 0 Å². The second kappa shape index (κ2) is 7.16. The number of aliphatic hydroxyl groups is 3. The number of rotatable bonds is 7. The van der Waals surface area contributed by atoms with Crippen LogP contribution in [0.1, 0.15) is 17.0 Å². The van der Waals surface area contributed by atoms with Crippen LogP contribution in [0.3, 0.4) is 0 Å². The van der Waals surface area contributed by atoms with Crippen LogP contribution in [-0.2, 0) is 19.6 Å². The summed E-state index contributed by atoms with van der Waals surface area (Å²) in [5, 5.41) is 35.6. The molecule has 21 heavy (non-hydrogen) atoms. The molecule has 0 aliphatic carbocycles. The van der Waals surface area contributed by atoms with E-state index in [2.05, 4.69) is 10.3 Å². The van der Waals surface area contributed by atoms with Crippen molar-refractivity contribution in [3.8, 4) is 5.75 Å². The van der Waals surface area contributed by atoms with E-state index in [9.17, 15) is 10.2 Å².